The SMILES string of the molecule is COc1cc(F)cc(F)c1C(CN)NC(=O)OC(C)(C)C. The van der Waals surface area contributed by atoms with Crippen molar-refractivity contribution in [2.24, 2.45) is 5.73 Å². The number of carbonyl (C=O) groups is 1. The molecule has 0 saturated heterocycles. The molecule has 0 aliphatic carbocycles. The molecule has 0 aliphatic rings. The zero-order chi connectivity index (χ0) is 16.2. The fourth-order valence-electron chi connectivity index (χ4n) is 1.77. The molecule has 118 valence electrons. The number of hydrogen-bond donors (Lipinski definition) is 2. The molecule has 1 unspecified atom stereocenters. The van der Waals surface area contributed by atoms with Crippen LogP contribution in [-0.2, 0) is 4.74 Å². The quantitative estimate of drug-likeness (QED) is 0.896. The Bertz CT molecular complexity index is 516. The van der Waals surface area contributed by atoms with Crippen LogP contribution < -0.4 is 15.8 Å². The molecule has 0 radical (unpaired) electrons. The van der Waals surface area contributed by atoms with Crippen LogP contribution in [0.15, 0.2) is 12.1 Å². The average molecular weight is 302 g/mol. The highest BCUT2D eigenvalue weighted by atomic mass is 19.1. The molecule has 1 aromatic carbocycles. The third-order valence-electron chi connectivity index (χ3n) is 2.55. The molecule has 0 aromatic heterocycles. The van der Waals surface area contributed by atoms with Gasteiger partial charge in [-0.25, -0.2) is 13.6 Å². The highest BCUT2D eigenvalue weighted by Gasteiger charge is 2.25. The number of ether oxygens (including phenoxy) is 2. The lowest BCUT2D eigenvalue weighted by molar-refractivity contribution is 0.0504. The first kappa shape index (κ1) is 17.2. The smallest absolute Gasteiger partial charge is 0.408 e. The van der Waals surface area contributed by atoms with Crippen molar-refractivity contribution in [3.8, 4) is 5.75 Å². The summed E-state index contributed by atoms with van der Waals surface area (Å²) in [6.07, 6.45) is -0.747. The Morgan fingerprint density at radius 2 is 2.00 bits per heavy atom. The molecular formula is C14H20F2N2O3. The molecule has 1 rings (SSSR count). The van der Waals surface area contributed by atoms with Gasteiger partial charge in [-0.2, -0.15) is 0 Å². The van der Waals surface area contributed by atoms with E-state index in [0.717, 1.165) is 6.07 Å². The first-order valence-electron chi connectivity index (χ1n) is 6.40. The number of nitrogens with two attached hydrogens (primary N) is 1. The van der Waals surface area contributed by atoms with Crippen molar-refractivity contribution < 1.29 is 23.0 Å². The van der Waals surface area contributed by atoms with Crippen LogP contribution in [0.5, 0.6) is 5.75 Å². The first-order valence-corrected chi connectivity index (χ1v) is 6.40. The summed E-state index contributed by atoms with van der Waals surface area (Å²) in [5.74, 6) is -1.65. The fraction of sp³-hybridized carbons (Fsp3) is 0.500. The number of alkyl carbamates (subject to hydrolysis) is 1. The van der Waals surface area contributed by atoms with Crippen molar-refractivity contribution in [1.29, 1.82) is 0 Å². The van der Waals surface area contributed by atoms with Crippen LogP contribution in [0.1, 0.15) is 32.4 Å². The van der Waals surface area contributed by atoms with E-state index in [4.69, 9.17) is 15.2 Å². The van der Waals surface area contributed by atoms with Crippen molar-refractivity contribution in [3.63, 3.8) is 0 Å². The lowest BCUT2D eigenvalue weighted by Gasteiger charge is -2.24. The van der Waals surface area contributed by atoms with Crippen molar-refractivity contribution >= 4 is 6.09 Å². The van der Waals surface area contributed by atoms with Crippen LogP contribution in [0.2, 0.25) is 0 Å². The van der Waals surface area contributed by atoms with Gasteiger partial charge in [0.2, 0.25) is 0 Å². The minimum Gasteiger partial charge on any atom is -0.496 e. The second-order valence-corrected chi connectivity index (χ2v) is 5.44. The van der Waals surface area contributed by atoms with E-state index >= 15 is 0 Å². The third kappa shape index (κ3) is 4.86. The number of amides is 1. The van der Waals surface area contributed by atoms with Crippen molar-refractivity contribution in [3.05, 3.63) is 29.3 Å². The number of nitrogens with one attached hydrogen (secondary N) is 1. The van der Waals surface area contributed by atoms with E-state index in [-0.39, 0.29) is 17.9 Å². The van der Waals surface area contributed by atoms with Crippen LogP contribution >= 0.6 is 0 Å². The Morgan fingerprint density at radius 3 is 2.48 bits per heavy atom. The fourth-order valence-corrected chi connectivity index (χ4v) is 1.77. The van der Waals surface area contributed by atoms with E-state index in [0.29, 0.717) is 6.07 Å². The van der Waals surface area contributed by atoms with E-state index in [2.05, 4.69) is 5.32 Å². The number of halogens is 2. The Hall–Kier alpha value is -1.89. The Kier molecular flexibility index (Phi) is 5.48. The maximum absolute atomic E-state index is 14.0. The van der Waals surface area contributed by atoms with Gasteiger partial charge in [0.25, 0.3) is 0 Å². The van der Waals surface area contributed by atoms with Crippen LogP contribution in [0.25, 0.3) is 0 Å². The van der Waals surface area contributed by atoms with Crippen LogP contribution in [0.4, 0.5) is 13.6 Å². The predicted molar refractivity (Wildman–Crippen MR) is 74.1 cm³/mol. The molecule has 7 heteroatoms. The number of benzene rings is 1. The number of rotatable bonds is 4. The molecule has 0 bridgehead atoms. The zero-order valence-corrected chi connectivity index (χ0v) is 12.5. The summed E-state index contributed by atoms with van der Waals surface area (Å²) in [6, 6.07) is 0.838. The van der Waals surface area contributed by atoms with Gasteiger partial charge >= 0.3 is 6.09 Å². The Balaban J connectivity index is 3.03. The van der Waals surface area contributed by atoms with Gasteiger partial charge in [-0.15, -0.1) is 0 Å². The molecule has 0 spiro atoms. The van der Waals surface area contributed by atoms with Gasteiger partial charge in [0.05, 0.1) is 18.7 Å². The molecule has 0 saturated carbocycles. The molecule has 0 aliphatic heterocycles. The van der Waals surface area contributed by atoms with Crippen LogP contribution in [-0.4, -0.2) is 25.3 Å². The van der Waals surface area contributed by atoms with E-state index in [1.54, 1.807) is 20.8 Å². The second kappa shape index (κ2) is 6.71. The monoisotopic (exact) mass is 302 g/mol. The van der Waals surface area contributed by atoms with Crippen molar-refractivity contribution in [1.82, 2.24) is 5.32 Å². The highest BCUT2D eigenvalue weighted by molar-refractivity contribution is 5.68. The maximum atomic E-state index is 14.0. The number of methoxy groups -OCH3 is 1. The minimum absolute atomic E-state index is 0.0211. The summed E-state index contributed by atoms with van der Waals surface area (Å²) in [4.78, 5) is 11.8. The van der Waals surface area contributed by atoms with E-state index in [1.807, 2.05) is 0 Å². The summed E-state index contributed by atoms with van der Waals surface area (Å²) >= 11 is 0. The zero-order valence-electron chi connectivity index (χ0n) is 12.5. The molecule has 0 heterocycles. The largest absolute Gasteiger partial charge is 0.496 e. The van der Waals surface area contributed by atoms with Gasteiger partial charge in [0.1, 0.15) is 23.0 Å². The van der Waals surface area contributed by atoms with Gasteiger partial charge in [-0.1, -0.05) is 0 Å². The van der Waals surface area contributed by atoms with E-state index in [9.17, 15) is 13.6 Å². The number of carbonyl (C=O) groups excluding carboxylic acids is 1. The minimum atomic E-state index is -0.893. The standard InChI is InChI=1S/C14H20F2N2O3/c1-14(2,3)21-13(19)18-10(7-17)12-9(16)5-8(15)6-11(12)20-4/h5-6,10H,7,17H2,1-4H3,(H,18,19). The topological polar surface area (TPSA) is 73.6 Å². The van der Waals surface area contributed by atoms with E-state index in [1.165, 1.54) is 7.11 Å². The lowest BCUT2D eigenvalue weighted by Crippen LogP contribution is -2.38. The molecule has 1 amide bonds. The lowest BCUT2D eigenvalue weighted by atomic mass is 10.0. The molecule has 5 nitrogen and oxygen atoms in total. The van der Waals surface area contributed by atoms with Crippen molar-refractivity contribution in [2.45, 2.75) is 32.4 Å². The average Bonchev–Trinajstić information content (AvgIpc) is 2.33. The summed E-state index contributed by atoms with van der Waals surface area (Å²) in [5.41, 5.74) is 4.84. The Morgan fingerprint density at radius 1 is 1.38 bits per heavy atom. The third-order valence-corrected chi connectivity index (χ3v) is 2.55. The second-order valence-electron chi connectivity index (χ2n) is 5.44. The Labute approximate surface area is 122 Å². The summed E-state index contributed by atoms with van der Waals surface area (Å²) in [6.45, 7) is 4.99. The summed E-state index contributed by atoms with van der Waals surface area (Å²) in [7, 11) is 1.28. The van der Waals surface area contributed by atoms with Gasteiger partial charge in [-0.05, 0) is 20.8 Å². The highest BCUT2D eigenvalue weighted by Crippen LogP contribution is 2.29. The summed E-state index contributed by atoms with van der Waals surface area (Å²) in [5, 5.41) is 2.45. The molecule has 0 fully saturated rings. The molecule has 3 N–H and O–H groups in total. The molecule has 21 heavy (non-hydrogen) atoms. The first-order chi connectivity index (χ1) is 9.67. The maximum Gasteiger partial charge on any atom is 0.408 e. The molecule has 1 aromatic rings. The van der Waals surface area contributed by atoms with Crippen molar-refractivity contribution in [2.75, 3.05) is 13.7 Å². The molecule has 1 atom stereocenters. The van der Waals surface area contributed by atoms with Crippen LogP contribution in [0, 0.1) is 11.6 Å². The van der Waals surface area contributed by atoms with E-state index < -0.39 is 29.4 Å². The predicted octanol–water partition coefficient (Wildman–Crippen LogP) is 2.50. The normalized spacial score (nSPS) is 12.7. The van der Waals surface area contributed by atoms with Gasteiger partial charge in [-0.3, -0.25) is 0 Å². The number of hydrogen-bond acceptors (Lipinski definition) is 4. The van der Waals surface area contributed by atoms with Crippen LogP contribution in [0.3, 0.4) is 0 Å². The van der Waals surface area contributed by atoms with Gasteiger partial charge < -0.3 is 20.5 Å². The summed E-state index contributed by atoms with van der Waals surface area (Å²) < 4.78 is 37.2. The van der Waals surface area contributed by atoms with Gasteiger partial charge in [0, 0.05) is 18.7 Å². The molecular weight excluding hydrogens is 282 g/mol. The van der Waals surface area contributed by atoms with Gasteiger partial charge in [0.15, 0.2) is 0 Å².